The second-order valence-corrected chi connectivity index (χ2v) is 6.31. The monoisotopic (exact) mass is 408 g/mol. The molecule has 0 radical (unpaired) electrons. The summed E-state index contributed by atoms with van der Waals surface area (Å²) in [6, 6.07) is 4.21. The van der Waals surface area contributed by atoms with Gasteiger partial charge in [0.25, 0.3) is 5.89 Å². The summed E-state index contributed by atoms with van der Waals surface area (Å²) >= 11 is 0. The van der Waals surface area contributed by atoms with E-state index in [1.165, 1.54) is 18.2 Å². The third kappa shape index (κ3) is 3.54. The number of carbonyl (C=O) groups is 1. The number of pyridine rings is 1. The van der Waals surface area contributed by atoms with Crippen molar-refractivity contribution in [2.45, 2.75) is 43.5 Å². The summed E-state index contributed by atoms with van der Waals surface area (Å²) in [4.78, 5) is 15.9. The molecule has 0 saturated carbocycles. The van der Waals surface area contributed by atoms with Crippen LogP contribution in [-0.4, -0.2) is 40.0 Å². The summed E-state index contributed by atoms with van der Waals surface area (Å²) in [5.41, 5.74) is -4.18. The van der Waals surface area contributed by atoms with Gasteiger partial charge in [0, 0.05) is 6.54 Å². The molecule has 2 aromatic heterocycles. The summed E-state index contributed by atoms with van der Waals surface area (Å²) in [7, 11) is 0. The van der Waals surface area contributed by atoms with Gasteiger partial charge < -0.3 is 9.73 Å². The smallest absolute Gasteiger partial charge is 0.412 e. The molecule has 3 rings (SSSR count). The van der Waals surface area contributed by atoms with Crippen molar-refractivity contribution in [2.24, 2.45) is 0 Å². The van der Waals surface area contributed by atoms with Crippen LogP contribution in [0.15, 0.2) is 22.6 Å². The van der Waals surface area contributed by atoms with Crippen molar-refractivity contribution in [1.82, 2.24) is 20.5 Å². The predicted molar refractivity (Wildman–Crippen MR) is 81.9 cm³/mol. The summed E-state index contributed by atoms with van der Waals surface area (Å²) in [6.45, 7) is -0.0700. The van der Waals surface area contributed by atoms with Crippen LogP contribution in [0.25, 0.3) is 11.6 Å². The molecule has 0 aliphatic carbocycles. The van der Waals surface area contributed by atoms with Crippen LogP contribution in [0.1, 0.15) is 30.8 Å². The summed E-state index contributed by atoms with van der Waals surface area (Å²) in [6.07, 6.45) is -13.4. The fourth-order valence-electron chi connectivity index (χ4n) is 2.96. The van der Waals surface area contributed by atoms with Gasteiger partial charge in [-0.05, 0) is 31.4 Å². The van der Waals surface area contributed by atoms with Crippen molar-refractivity contribution in [2.75, 3.05) is 6.54 Å². The quantitative estimate of drug-likeness (QED) is 0.677. The number of amides is 1. The third-order valence-corrected chi connectivity index (χ3v) is 4.43. The lowest BCUT2D eigenvalue weighted by Gasteiger charge is -2.34. The fraction of sp³-hybridized carbons (Fsp3) is 0.500. The van der Waals surface area contributed by atoms with Crippen LogP contribution in [0.3, 0.4) is 0 Å². The SMILES string of the molecule is O=C1Cc2cccc(n2)-c2nnc(o2)C(C(F)(F)F)(C(F)(F)F)CCCCN1. The first-order valence-electron chi connectivity index (χ1n) is 8.25. The molecule has 1 aliphatic rings. The zero-order valence-corrected chi connectivity index (χ0v) is 14.2. The Kier molecular flexibility index (Phi) is 5.06. The lowest BCUT2D eigenvalue weighted by molar-refractivity contribution is -0.311. The van der Waals surface area contributed by atoms with Crippen LogP contribution in [0.2, 0.25) is 0 Å². The van der Waals surface area contributed by atoms with Gasteiger partial charge in [-0.25, -0.2) is 4.98 Å². The molecule has 0 atom stereocenters. The molecule has 3 heterocycles. The highest BCUT2D eigenvalue weighted by Crippen LogP contribution is 2.54. The maximum absolute atomic E-state index is 13.7. The molecule has 152 valence electrons. The number of nitrogens with one attached hydrogen (secondary N) is 1. The first kappa shape index (κ1) is 20.1. The standard InChI is InChI=1S/C16H14F6N4O2/c17-15(18,19)14(16(20,21)22)6-1-2-7-23-11(27)8-9-4-3-5-10(24-9)12-25-26-13(14)28-12/h3-5H,1-2,6-8H2,(H,23,27). The zero-order valence-electron chi connectivity index (χ0n) is 14.2. The van der Waals surface area contributed by atoms with Crippen LogP contribution >= 0.6 is 0 Å². The number of nitrogens with zero attached hydrogens (tertiary/aromatic N) is 3. The number of hydrogen-bond donors (Lipinski definition) is 1. The second-order valence-electron chi connectivity index (χ2n) is 6.31. The molecule has 4 bridgehead atoms. The number of rotatable bonds is 0. The van der Waals surface area contributed by atoms with Crippen molar-refractivity contribution in [3.05, 3.63) is 29.8 Å². The molecule has 0 unspecified atom stereocenters. The van der Waals surface area contributed by atoms with Gasteiger partial charge in [-0.3, -0.25) is 4.79 Å². The number of carbonyl (C=O) groups excluding carboxylic acids is 1. The fourth-order valence-corrected chi connectivity index (χ4v) is 2.96. The predicted octanol–water partition coefficient (Wildman–Crippen LogP) is 3.34. The van der Waals surface area contributed by atoms with Gasteiger partial charge in [0.2, 0.25) is 17.2 Å². The van der Waals surface area contributed by atoms with Crippen molar-refractivity contribution < 1.29 is 35.6 Å². The molecule has 1 amide bonds. The van der Waals surface area contributed by atoms with E-state index in [-0.39, 0.29) is 30.8 Å². The van der Waals surface area contributed by atoms with E-state index in [2.05, 4.69) is 20.5 Å². The van der Waals surface area contributed by atoms with Gasteiger partial charge in [0.1, 0.15) is 5.69 Å². The van der Waals surface area contributed by atoms with E-state index in [0.717, 1.165) is 0 Å². The molecule has 0 aromatic carbocycles. The molecule has 6 nitrogen and oxygen atoms in total. The molecule has 1 aliphatic heterocycles. The van der Waals surface area contributed by atoms with E-state index in [4.69, 9.17) is 4.42 Å². The Morgan fingerprint density at radius 1 is 1.04 bits per heavy atom. The molecule has 0 fully saturated rings. The average molecular weight is 408 g/mol. The summed E-state index contributed by atoms with van der Waals surface area (Å²) in [5.74, 6) is -2.62. The van der Waals surface area contributed by atoms with Crippen LogP contribution in [0.4, 0.5) is 26.3 Å². The highest BCUT2D eigenvalue weighted by atomic mass is 19.4. The minimum atomic E-state index is -5.72. The second kappa shape index (κ2) is 7.06. The lowest BCUT2D eigenvalue weighted by Crippen LogP contribution is -2.54. The molecular formula is C16H14F6N4O2. The van der Waals surface area contributed by atoms with Crippen LogP contribution in [0, 0.1) is 0 Å². The van der Waals surface area contributed by atoms with Gasteiger partial charge in [0.05, 0.1) is 12.1 Å². The molecule has 2 aromatic rings. The first-order valence-corrected chi connectivity index (χ1v) is 8.25. The summed E-state index contributed by atoms with van der Waals surface area (Å²) < 4.78 is 86.9. The van der Waals surface area contributed by atoms with Crippen LogP contribution in [-0.2, 0) is 16.6 Å². The Balaban J connectivity index is 2.16. The molecular weight excluding hydrogens is 394 g/mol. The Labute approximate surface area is 154 Å². The molecule has 0 spiro atoms. The van der Waals surface area contributed by atoms with Crippen LogP contribution < -0.4 is 5.32 Å². The van der Waals surface area contributed by atoms with Crippen molar-refractivity contribution in [1.29, 1.82) is 0 Å². The van der Waals surface area contributed by atoms with Gasteiger partial charge in [0.15, 0.2) is 0 Å². The zero-order chi connectivity index (χ0) is 20.6. The highest BCUT2D eigenvalue weighted by Gasteiger charge is 2.74. The molecule has 0 saturated heterocycles. The van der Waals surface area contributed by atoms with E-state index in [1.807, 2.05) is 0 Å². The number of aromatic nitrogens is 3. The van der Waals surface area contributed by atoms with E-state index in [0.29, 0.717) is 0 Å². The number of hydrogen-bond acceptors (Lipinski definition) is 5. The van der Waals surface area contributed by atoms with Gasteiger partial charge >= 0.3 is 12.4 Å². The van der Waals surface area contributed by atoms with E-state index in [9.17, 15) is 31.1 Å². The van der Waals surface area contributed by atoms with Crippen molar-refractivity contribution >= 4 is 5.91 Å². The minimum Gasteiger partial charge on any atom is -0.418 e. The molecule has 12 heteroatoms. The Morgan fingerprint density at radius 2 is 1.75 bits per heavy atom. The molecule has 1 N–H and O–H groups in total. The lowest BCUT2D eigenvalue weighted by atomic mass is 9.80. The van der Waals surface area contributed by atoms with Gasteiger partial charge in [-0.15, -0.1) is 10.2 Å². The minimum absolute atomic E-state index is 0.0700. The Hall–Kier alpha value is -2.66. The Morgan fingerprint density at radius 3 is 2.43 bits per heavy atom. The Bertz CT molecular complexity index is 847. The van der Waals surface area contributed by atoms with E-state index in [1.54, 1.807) is 0 Å². The first-order chi connectivity index (χ1) is 13.0. The third-order valence-electron chi connectivity index (χ3n) is 4.43. The molecule has 28 heavy (non-hydrogen) atoms. The van der Waals surface area contributed by atoms with Crippen molar-refractivity contribution in [3.8, 4) is 11.6 Å². The van der Waals surface area contributed by atoms with Gasteiger partial charge in [-0.1, -0.05) is 6.07 Å². The summed E-state index contributed by atoms with van der Waals surface area (Å²) in [5, 5.41) is 8.88. The normalized spacial score (nSPS) is 18.3. The van der Waals surface area contributed by atoms with Gasteiger partial charge in [-0.2, -0.15) is 26.3 Å². The number of fused-ring (bicyclic) bond motifs is 5. The maximum Gasteiger partial charge on any atom is 0.412 e. The maximum atomic E-state index is 13.7. The van der Waals surface area contributed by atoms with Crippen LogP contribution in [0.5, 0.6) is 0 Å². The average Bonchev–Trinajstić information content (AvgIpc) is 3.05. The van der Waals surface area contributed by atoms with E-state index >= 15 is 0 Å². The highest BCUT2D eigenvalue weighted by molar-refractivity contribution is 5.78. The largest absolute Gasteiger partial charge is 0.418 e. The number of halogens is 6. The van der Waals surface area contributed by atoms with E-state index < -0.39 is 48.3 Å². The number of alkyl halides is 6. The van der Waals surface area contributed by atoms with Crippen molar-refractivity contribution in [3.63, 3.8) is 0 Å². The topological polar surface area (TPSA) is 80.9 Å².